The molecule has 1 aliphatic heterocycles. The Morgan fingerprint density at radius 3 is 2.62 bits per heavy atom. The second-order valence-electron chi connectivity index (χ2n) is 5.41. The van der Waals surface area contributed by atoms with E-state index in [-0.39, 0.29) is 23.0 Å². The molecule has 114 valence electrons. The molecular formula is C14H19N3O4. The molecule has 0 unspecified atom stereocenters. The van der Waals surface area contributed by atoms with Crippen LogP contribution < -0.4 is 5.73 Å². The topological polar surface area (TPSA) is 98.7 Å². The molecule has 0 atom stereocenters. The van der Waals surface area contributed by atoms with Crippen molar-refractivity contribution in [3.8, 4) is 0 Å². The van der Waals surface area contributed by atoms with E-state index in [0.717, 1.165) is 25.9 Å². The van der Waals surface area contributed by atoms with E-state index >= 15 is 0 Å². The highest BCUT2D eigenvalue weighted by Crippen LogP contribution is 2.28. The Morgan fingerprint density at radius 1 is 1.43 bits per heavy atom. The number of ether oxygens (including phenoxy) is 1. The highest BCUT2D eigenvalue weighted by molar-refractivity contribution is 5.97. The molecule has 1 heterocycles. The number of aryl methyl sites for hydroxylation is 1. The smallest absolute Gasteiger partial charge is 0.340 e. The molecule has 1 aliphatic rings. The molecule has 1 fully saturated rings. The number of esters is 1. The van der Waals surface area contributed by atoms with Gasteiger partial charge >= 0.3 is 5.97 Å². The van der Waals surface area contributed by atoms with Gasteiger partial charge in [0.05, 0.1) is 10.5 Å². The van der Waals surface area contributed by atoms with Crippen LogP contribution in [0, 0.1) is 17.0 Å². The Kier molecular flexibility index (Phi) is 4.42. The first kappa shape index (κ1) is 15.2. The van der Waals surface area contributed by atoms with Gasteiger partial charge in [-0.25, -0.2) is 4.79 Å². The zero-order valence-electron chi connectivity index (χ0n) is 12.2. The number of nitro benzene ring substituents is 1. The fourth-order valence-corrected chi connectivity index (χ4v) is 2.42. The number of carbonyl (C=O) groups is 1. The summed E-state index contributed by atoms with van der Waals surface area (Å²) in [7, 11) is 2.01. The minimum Gasteiger partial charge on any atom is -0.459 e. The molecule has 0 spiro atoms. The van der Waals surface area contributed by atoms with Crippen molar-refractivity contribution in [2.75, 3.05) is 25.9 Å². The lowest BCUT2D eigenvalue weighted by molar-refractivity contribution is -0.384. The first-order valence-corrected chi connectivity index (χ1v) is 6.82. The van der Waals surface area contributed by atoms with Gasteiger partial charge in [0.1, 0.15) is 11.8 Å². The molecule has 0 aliphatic carbocycles. The van der Waals surface area contributed by atoms with E-state index in [4.69, 9.17) is 10.5 Å². The van der Waals surface area contributed by atoms with Crippen LogP contribution in [0.3, 0.4) is 0 Å². The molecule has 1 saturated heterocycles. The van der Waals surface area contributed by atoms with Crippen LogP contribution in [0.4, 0.5) is 11.4 Å². The normalized spacial score (nSPS) is 16.7. The second-order valence-corrected chi connectivity index (χ2v) is 5.41. The predicted octanol–water partition coefficient (Wildman–Crippen LogP) is 1.74. The first-order valence-electron chi connectivity index (χ1n) is 6.82. The molecule has 0 bridgehead atoms. The number of nitrogens with zero attached hydrogens (tertiary/aromatic N) is 2. The van der Waals surface area contributed by atoms with Crippen molar-refractivity contribution < 1.29 is 14.5 Å². The van der Waals surface area contributed by atoms with E-state index in [1.165, 1.54) is 12.1 Å². The van der Waals surface area contributed by atoms with Crippen LogP contribution in [-0.4, -0.2) is 42.0 Å². The number of carbonyl (C=O) groups excluding carboxylic acids is 1. The Labute approximate surface area is 122 Å². The average molecular weight is 293 g/mol. The Morgan fingerprint density at radius 2 is 2.05 bits per heavy atom. The molecule has 0 radical (unpaired) electrons. The molecule has 7 heteroatoms. The van der Waals surface area contributed by atoms with E-state index in [1.807, 2.05) is 7.05 Å². The number of piperidine rings is 1. The van der Waals surface area contributed by atoms with Crippen molar-refractivity contribution in [1.29, 1.82) is 0 Å². The van der Waals surface area contributed by atoms with Crippen molar-refractivity contribution in [1.82, 2.24) is 4.90 Å². The third-order valence-electron chi connectivity index (χ3n) is 3.66. The zero-order chi connectivity index (χ0) is 15.6. The molecule has 7 nitrogen and oxygen atoms in total. The fraction of sp³-hybridized carbons (Fsp3) is 0.500. The van der Waals surface area contributed by atoms with Crippen LogP contribution in [0.1, 0.15) is 28.8 Å². The largest absolute Gasteiger partial charge is 0.459 e. The van der Waals surface area contributed by atoms with Crippen molar-refractivity contribution in [3.05, 3.63) is 33.4 Å². The van der Waals surface area contributed by atoms with Gasteiger partial charge in [-0.1, -0.05) is 0 Å². The maximum absolute atomic E-state index is 12.2. The number of anilines is 1. The Bertz CT molecular complexity index is 566. The quantitative estimate of drug-likeness (QED) is 0.394. The summed E-state index contributed by atoms with van der Waals surface area (Å²) in [5.41, 5.74) is 6.01. The van der Waals surface area contributed by atoms with Crippen LogP contribution in [0.2, 0.25) is 0 Å². The third kappa shape index (κ3) is 3.49. The number of benzene rings is 1. The summed E-state index contributed by atoms with van der Waals surface area (Å²) in [6.07, 6.45) is 1.36. The Hall–Kier alpha value is -2.15. The minimum atomic E-state index is -0.589. The summed E-state index contributed by atoms with van der Waals surface area (Å²) < 4.78 is 5.43. The van der Waals surface area contributed by atoms with Crippen LogP contribution in [0.25, 0.3) is 0 Å². The zero-order valence-corrected chi connectivity index (χ0v) is 12.2. The van der Waals surface area contributed by atoms with Gasteiger partial charge in [0.25, 0.3) is 5.69 Å². The number of rotatable bonds is 3. The van der Waals surface area contributed by atoms with Gasteiger partial charge in [0.2, 0.25) is 0 Å². The number of likely N-dealkylation sites (tertiary alicyclic amines) is 1. The summed E-state index contributed by atoms with van der Waals surface area (Å²) in [5, 5.41) is 10.9. The molecule has 1 aromatic carbocycles. The molecule has 2 rings (SSSR count). The average Bonchev–Trinajstić information content (AvgIpc) is 2.43. The lowest BCUT2D eigenvalue weighted by Gasteiger charge is -2.28. The maximum atomic E-state index is 12.2. The second kappa shape index (κ2) is 6.09. The monoisotopic (exact) mass is 293 g/mol. The third-order valence-corrected chi connectivity index (χ3v) is 3.66. The summed E-state index contributed by atoms with van der Waals surface area (Å²) >= 11 is 0. The van der Waals surface area contributed by atoms with Crippen molar-refractivity contribution in [2.45, 2.75) is 25.9 Å². The molecule has 21 heavy (non-hydrogen) atoms. The van der Waals surface area contributed by atoms with Crippen LogP contribution in [-0.2, 0) is 4.74 Å². The molecular weight excluding hydrogens is 274 g/mol. The Balaban J connectivity index is 2.17. The fourth-order valence-electron chi connectivity index (χ4n) is 2.42. The van der Waals surface area contributed by atoms with Gasteiger partial charge in [-0.05, 0) is 38.4 Å². The summed E-state index contributed by atoms with van der Waals surface area (Å²) in [6, 6.07) is 2.88. The van der Waals surface area contributed by atoms with E-state index in [2.05, 4.69) is 4.90 Å². The predicted molar refractivity (Wildman–Crippen MR) is 78.2 cm³/mol. The van der Waals surface area contributed by atoms with Crippen molar-refractivity contribution >= 4 is 17.3 Å². The van der Waals surface area contributed by atoms with Gasteiger partial charge in [0.15, 0.2) is 0 Å². The molecule has 0 saturated carbocycles. The molecule has 1 aromatic rings. The highest BCUT2D eigenvalue weighted by Gasteiger charge is 2.25. The first-order chi connectivity index (χ1) is 9.88. The number of nitro groups is 1. The van der Waals surface area contributed by atoms with Gasteiger partial charge in [0, 0.05) is 19.2 Å². The van der Waals surface area contributed by atoms with E-state index in [1.54, 1.807) is 6.92 Å². The minimum absolute atomic E-state index is 0.0700. The summed E-state index contributed by atoms with van der Waals surface area (Å²) in [4.78, 5) is 24.7. The van der Waals surface area contributed by atoms with Gasteiger partial charge in [-0.3, -0.25) is 10.1 Å². The van der Waals surface area contributed by atoms with Crippen molar-refractivity contribution in [3.63, 3.8) is 0 Å². The van der Waals surface area contributed by atoms with Crippen LogP contribution in [0.5, 0.6) is 0 Å². The van der Waals surface area contributed by atoms with Gasteiger partial charge in [-0.2, -0.15) is 0 Å². The summed E-state index contributed by atoms with van der Waals surface area (Å²) in [6.45, 7) is 3.40. The SMILES string of the molecule is Cc1cc(C(=O)OC2CCN(C)CC2)c(N)c([N+](=O)[O-])c1. The maximum Gasteiger partial charge on any atom is 0.340 e. The number of nitrogen functional groups attached to an aromatic ring is 1. The number of nitrogens with two attached hydrogens (primary N) is 1. The van der Waals surface area contributed by atoms with Crippen LogP contribution >= 0.6 is 0 Å². The number of hydrogen-bond acceptors (Lipinski definition) is 6. The lowest BCUT2D eigenvalue weighted by Crippen LogP contribution is -2.35. The standard InChI is InChI=1S/C14H19N3O4/c1-9-7-11(13(15)12(8-9)17(19)20)14(18)21-10-3-5-16(2)6-4-10/h7-8,10H,3-6,15H2,1-2H3. The lowest BCUT2D eigenvalue weighted by atomic mass is 10.1. The summed E-state index contributed by atoms with van der Waals surface area (Å²) in [5.74, 6) is -0.589. The molecule has 2 N–H and O–H groups in total. The van der Waals surface area contributed by atoms with Crippen LogP contribution in [0.15, 0.2) is 12.1 Å². The van der Waals surface area contributed by atoms with E-state index < -0.39 is 10.9 Å². The molecule has 0 aromatic heterocycles. The number of hydrogen-bond donors (Lipinski definition) is 1. The van der Waals surface area contributed by atoms with Gasteiger partial charge in [-0.15, -0.1) is 0 Å². The van der Waals surface area contributed by atoms with E-state index in [0.29, 0.717) is 5.56 Å². The van der Waals surface area contributed by atoms with E-state index in [9.17, 15) is 14.9 Å². The molecule has 0 amide bonds. The highest BCUT2D eigenvalue weighted by atomic mass is 16.6. The van der Waals surface area contributed by atoms with Gasteiger partial charge < -0.3 is 15.4 Å². The van der Waals surface area contributed by atoms with Crippen molar-refractivity contribution in [2.24, 2.45) is 0 Å².